The van der Waals surface area contributed by atoms with Crippen molar-refractivity contribution in [2.75, 3.05) is 5.32 Å². The number of hydrogen-bond acceptors (Lipinski definition) is 7. The van der Waals surface area contributed by atoms with Crippen LogP contribution in [0.1, 0.15) is 49.7 Å². The molecule has 3 heterocycles. The Labute approximate surface area is 209 Å². The van der Waals surface area contributed by atoms with Crippen LogP contribution in [-0.4, -0.2) is 36.4 Å². The van der Waals surface area contributed by atoms with Crippen molar-refractivity contribution in [1.29, 1.82) is 0 Å². The molecular weight excluding hydrogens is 491 g/mol. The van der Waals surface area contributed by atoms with E-state index in [1.165, 1.54) is 0 Å². The van der Waals surface area contributed by atoms with Crippen LogP contribution in [0.15, 0.2) is 42.9 Å². The summed E-state index contributed by atoms with van der Waals surface area (Å²) in [5.74, 6) is -0.0968. The summed E-state index contributed by atoms with van der Waals surface area (Å²) in [5, 5.41) is 24.4. The second-order valence-corrected chi connectivity index (χ2v) is 11.0. The second-order valence-electron chi connectivity index (χ2n) is 9.90. The van der Waals surface area contributed by atoms with Crippen molar-refractivity contribution in [2.24, 2.45) is 11.3 Å². The van der Waals surface area contributed by atoms with E-state index in [2.05, 4.69) is 34.1 Å². The number of H-pyrrole nitrogens is 1. The number of hydrogen-bond donors (Lipinski definition) is 4. The summed E-state index contributed by atoms with van der Waals surface area (Å²) in [5.41, 5.74) is 1.01. The third kappa shape index (κ3) is 4.82. The van der Waals surface area contributed by atoms with Crippen molar-refractivity contribution in [3.8, 4) is 10.4 Å². The van der Waals surface area contributed by atoms with E-state index in [1.54, 1.807) is 17.4 Å². The molecule has 0 bridgehead atoms. The first-order chi connectivity index (χ1) is 17.0. The molecule has 1 unspecified atom stereocenters. The van der Waals surface area contributed by atoms with Gasteiger partial charge in [-0.2, -0.15) is 13.2 Å². The predicted molar refractivity (Wildman–Crippen MR) is 132 cm³/mol. The highest BCUT2D eigenvalue weighted by molar-refractivity contribution is 7.15. The molecular formula is C25H26F3N5O2S. The quantitative estimate of drug-likeness (QED) is 0.240. The van der Waals surface area contributed by atoms with E-state index in [4.69, 9.17) is 4.98 Å². The highest BCUT2D eigenvalue weighted by Gasteiger charge is 2.41. The molecule has 0 radical (unpaired) electrons. The number of aromatic nitrogens is 4. The standard InChI is InChI=1S/C25H26F3N5O2S/c1-24(2)11-13(3-4-17(24)22(34)35)21-31-12-19(36-21)16-9-14(10-18-15(16)5-7-29-18)32-23-30-8-6-20(33-23)25(26,27)28/h5-10,12-13,17,22,29,34-35H,3-4,11H2,1-2H3,(H,30,32,33)/t13?,17-/m1/s1. The van der Waals surface area contributed by atoms with E-state index in [0.29, 0.717) is 12.1 Å². The van der Waals surface area contributed by atoms with Crippen molar-refractivity contribution in [2.45, 2.75) is 51.5 Å². The summed E-state index contributed by atoms with van der Waals surface area (Å²) in [6.45, 7) is 4.12. The molecule has 0 aliphatic heterocycles. The summed E-state index contributed by atoms with van der Waals surface area (Å²) in [6.07, 6.45) is 1.16. The maximum absolute atomic E-state index is 13.1. The minimum absolute atomic E-state index is 0.142. The number of benzene rings is 1. The highest BCUT2D eigenvalue weighted by atomic mass is 32.1. The zero-order chi connectivity index (χ0) is 25.7. The van der Waals surface area contributed by atoms with Crippen LogP contribution < -0.4 is 5.32 Å². The number of fused-ring (bicyclic) bond motifs is 1. The van der Waals surface area contributed by atoms with Gasteiger partial charge in [0.1, 0.15) is 5.69 Å². The minimum atomic E-state index is -4.56. The first kappa shape index (κ1) is 24.7. The van der Waals surface area contributed by atoms with Crippen LogP contribution >= 0.6 is 11.3 Å². The number of nitrogens with one attached hydrogen (secondary N) is 2. The average Bonchev–Trinajstić information content (AvgIpc) is 3.47. The molecule has 1 aliphatic rings. The van der Waals surface area contributed by atoms with Gasteiger partial charge in [0.15, 0.2) is 6.29 Å². The fraction of sp³-hybridized carbons (Fsp3) is 0.400. The van der Waals surface area contributed by atoms with Gasteiger partial charge in [-0.1, -0.05) is 13.8 Å². The maximum atomic E-state index is 13.1. The van der Waals surface area contributed by atoms with Crippen LogP contribution in [0.4, 0.5) is 24.8 Å². The molecule has 4 N–H and O–H groups in total. The lowest BCUT2D eigenvalue weighted by Gasteiger charge is -2.42. The Balaban J connectivity index is 1.44. The number of thiazole rings is 1. The molecule has 190 valence electrons. The van der Waals surface area contributed by atoms with Crippen molar-refractivity contribution in [3.63, 3.8) is 0 Å². The van der Waals surface area contributed by atoms with Gasteiger partial charge >= 0.3 is 6.18 Å². The Morgan fingerprint density at radius 3 is 2.69 bits per heavy atom. The monoisotopic (exact) mass is 517 g/mol. The molecule has 4 aromatic rings. The summed E-state index contributed by atoms with van der Waals surface area (Å²) in [4.78, 5) is 16.3. The largest absolute Gasteiger partial charge is 0.433 e. The van der Waals surface area contributed by atoms with Crippen molar-refractivity contribution >= 4 is 33.9 Å². The van der Waals surface area contributed by atoms with Gasteiger partial charge in [-0.15, -0.1) is 11.3 Å². The predicted octanol–water partition coefficient (Wildman–Crippen LogP) is 6.06. The fourth-order valence-electron chi connectivity index (χ4n) is 5.17. The summed E-state index contributed by atoms with van der Waals surface area (Å²) in [6, 6.07) is 6.44. The normalized spacial score (nSPS) is 20.2. The lowest BCUT2D eigenvalue weighted by molar-refractivity contribution is -0.141. The Kier molecular flexibility index (Phi) is 6.26. The van der Waals surface area contributed by atoms with E-state index < -0.39 is 18.2 Å². The SMILES string of the molecule is CC1(C)CC(c2ncc(-c3cc(Nc4nccc(C(F)(F)F)n4)cc4[nH]ccc34)s2)CC[C@@H]1C(O)O. The summed E-state index contributed by atoms with van der Waals surface area (Å²) < 4.78 is 39.2. The topological polar surface area (TPSA) is 107 Å². The van der Waals surface area contributed by atoms with Crippen LogP contribution in [0.25, 0.3) is 21.3 Å². The minimum Gasteiger partial charge on any atom is -0.368 e. The number of rotatable bonds is 5. The third-order valence-electron chi connectivity index (χ3n) is 6.97. The van der Waals surface area contributed by atoms with Crippen molar-refractivity contribution in [1.82, 2.24) is 19.9 Å². The van der Waals surface area contributed by atoms with Crippen LogP contribution in [0.3, 0.4) is 0 Å². The van der Waals surface area contributed by atoms with Gasteiger partial charge in [-0.25, -0.2) is 15.0 Å². The van der Waals surface area contributed by atoms with Crippen LogP contribution in [-0.2, 0) is 6.18 Å². The Hall–Kier alpha value is -3.02. The van der Waals surface area contributed by atoms with Crippen LogP contribution in [0, 0.1) is 11.3 Å². The lowest BCUT2D eigenvalue weighted by atomic mass is 9.65. The average molecular weight is 518 g/mol. The van der Waals surface area contributed by atoms with E-state index >= 15 is 0 Å². The molecule has 11 heteroatoms. The second kappa shape index (κ2) is 9.13. The molecule has 5 rings (SSSR count). The van der Waals surface area contributed by atoms with E-state index in [-0.39, 0.29) is 23.2 Å². The first-order valence-electron chi connectivity index (χ1n) is 11.6. The number of nitrogens with zero attached hydrogens (tertiary/aromatic N) is 3. The Morgan fingerprint density at radius 2 is 1.97 bits per heavy atom. The highest BCUT2D eigenvalue weighted by Crippen LogP contribution is 2.49. The van der Waals surface area contributed by atoms with Gasteiger partial charge in [0.2, 0.25) is 5.95 Å². The van der Waals surface area contributed by atoms with Crippen molar-refractivity contribution in [3.05, 3.63) is 53.6 Å². The molecule has 3 aromatic heterocycles. The van der Waals surface area contributed by atoms with Gasteiger partial charge in [0.05, 0.1) is 9.88 Å². The van der Waals surface area contributed by atoms with Crippen LogP contribution in [0.5, 0.6) is 0 Å². The van der Waals surface area contributed by atoms with Gasteiger partial charge in [0, 0.05) is 52.6 Å². The van der Waals surface area contributed by atoms with Gasteiger partial charge < -0.3 is 20.5 Å². The number of alkyl halides is 3. The number of aliphatic hydroxyl groups is 2. The fourth-order valence-corrected chi connectivity index (χ4v) is 6.26. The maximum Gasteiger partial charge on any atom is 0.433 e. The third-order valence-corrected chi connectivity index (χ3v) is 8.16. The smallest absolute Gasteiger partial charge is 0.368 e. The molecule has 1 fully saturated rings. The van der Waals surface area contributed by atoms with Crippen molar-refractivity contribution < 1.29 is 23.4 Å². The number of anilines is 2. The Bertz CT molecular complexity index is 1380. The van der Waals surface area contributed by atoms with E-state index in [1.807, 2.05) is 24.5 Å². The molecule has 1 saturated carbocycles. The zero-order valence-electron chi connectivity index (χ0n) is 19.7. The zero-order valence-corrected chi connectivity index (χ0v) is 20.5. The lowest BCUT2D eigenvalue weighted by Crippen LogP contribution is -2.38. The molecule has 0 spiro atoms. The summed E-state index contributed by atoms with van der Waals surface area (Å²) in [7, 11) is 0. The van der Waals surface area contributed by atoms with Gasteiger partial charge in [0.25, 0.3) is 0 Å². The Morgan fingerprint density at radius 1 is 1.17 bits per heavy atom. The molecule has 0 amide bonds. The number of halogens is 3. The molecule has 7 nitrogen and oxygen atoms in total. The van der Waals surface area contributed by atoms with E-state index in [9.17, 15) is 23.4 Å². The molecule has 1 aromatic carbocycles. The molecule has 0 saturated heterocycles. The molecule has 2 atom stereocenters. The summed E-state index contributed by atoms with van der Waals surface area (Å²) >= 11 is 1.58. The number of aliphatic hydroxyl groups excluding tert-OH is 1. The first-order valence-corrected chi connectivity index (χ1v) is 12.4. The van der Waals surface area contributed by atoms with E-state index in [0.717, 1.165) is 51.5 Å². The number of aromatic amines is 1. The van der Waals surface area contributed by atoms with Gasteiger partial charge in [-0.05, 0) is 48.9 Å². The molecule has 36 heavy (non-hydrogen) atoms. The molecule has 1 aliphatic carbocycles. The van der Waals surface area contributed by atoms with Crippen LogP contribution in [0.2, 0.25) is 0 Å². The van der Waals surface area contributed by atoms with Gasteiger partial charge in [-0.3, -0.25) is 0 Å².